The highest BCUT2D eigenvalue weighted by Gasteiger charge is 2.14. The number of hydrogen-bond acceptors (Lipinski definition) is 5. The van der Waals surface area contributed by atoms with Gasteiger partial charge < -0.3 is 5.32 Å². The van der Waals surface area contributed by atoms with Gasteiger partial charge in [0.15, 0.2) is 5.16 Å². The molecule has 7 heteroatoms. The molecule has 134 valence electrons. The van der Waals surface area contributed by atoms with Crippen molar-refractivity contribution in [3.8, 4) is 0 Å². The van der Waals surface area contributed by atoms with E-state index >= 15 is 0 Å². The second-order valence-corrected chi connectivity index (χ2v) is 8.00. The number of benzene rings is 1. The number of carbonyl (C=O) groups excluding carboxylic acids is 1. The summed E-state index contributed by atoms with van der Waals surface area (Å²) in [6.07, 6.45) is 1.66. The van der Waals surface area contributed by atoms with E-state index in [9.17, 15) is 9.59 Å². The first-order chi connectivity index (χ1) is 12.5. The molecule has 1 amide bonds. The van der Waals surface area contributed by atoms with Crippen LogP contribution in [0.4, 0.5) is 5.69 Å². The average molecular weight is 386 g/mol. The zero-order chi connectivity index (χ0) is 18.7. The number of thiophene rings is 1. The van der Waals surface area contributed by atoms with E-state index in [-0.39, 0.29) is 17.2 Å². The SMILES string of the molecule is C=CCn1c(SCC(=O)Nc2ccccc2C)nc2sc(C)cc2c1=O. The first kappa shape index (κ1) is 18.4. The molecule has 3 rings (SSSR count). The standard InChI is InChI=1S/C19H19N3O2S2/c1-4-9-22-18(24)14-10-13(3)26-17(14)21-19(22)25-11-16(23)20-15-8-6-5-7-12(15)2/h4-8,10H,1,9,11H2,2-3H3,(H,20,23). The van der Waals surface area contributed by atoms with Crippen molar-refractivity contribution in [2.24, 2.45) is 0 Å². The summed E-state index contributed by atoms with van der Waals surface area (Å²) >= 11 is 2.74. The molecule has 2 aromatic heterocycles. The molecule has 0 fully saturated rings. The fourth-order valence-corrected chi connectivity index (χ4v) is 4.28. The van der Waals surface area contributed by atoms with Crippen LogP contribution in [-0.2, 0) is 11.3 Å². The van der Waals surface area contributed by atoms with Gasteiger partial charge in [0, 0.05) is 17.1 Å². The summed E-state index contributed by atoms with van der Waals surface area (Å²) in [6.45, 7) is 7.96. The molecule has 0 aliphatic heterocycles. The highest BCUT2D eigenvalue weighted by atomic mass is 32.2. The minimum atomic E-state index is -0.133. The molecular formula is C19H19N3O2S2. The van der Waals surface area contributed by atoms with Gasteiger partial charge in [0.25, 0.3) is 5.56 Å². The van der Waals surface area contributed by atoms with E-state index in [1.165, 1.54) is 23.1 Å². The van der Waals surface area contributed by atoms with E-state index < -0.39 is 0 Å². The summed E-state index contributed by atoms with van der Waals surface area (Å²) in [5.41, 5.74) is 1.70. The number of rotatable bonds is 6. The Balaban J connectivity index is 1.82. The lowest BCUT2D eigenvalue weighted by atomic mass is 10.2. The van der Waals surface area contributed by atoms with Gasteiger partial charge in [0.05, 0.1) is 11.1 Å². The number of para-hydroxylation sites is 1. The monoisotopic (exact) mass is 385 g/mol. The smallest absolute Gasteiger partial charge is 0.263 e. The third kappa shape index (κ3) is 3.89. The Morgan fingerprint density at radius 2 is 2.15 bits per heavy atom. The molecular weight excluding hydrogens is 366 g/mol. The maximum absolute atomic E-state index is 12.7. The van der Waals surface area contributed by atoms with Crippen molar-refractivity contribution in [3.63, 3.8) is 0 Å². The minimum absolute atomic E-state index is 0.0962. The minimum Gasteiger partial charge on any atom is -0.325 e. The number of amides is 1. The van der Waals surface area contributed by atoms with E-state index in [0.29, 0.717) is 21.9 Å². The van der Waals surface area contributed by atoms with Gasteiger partial charge in [0.2, 0.25) is 5.91 Å². The molecule has 1 N–H and O–H groups in total. The number of aryl methyl sites for hydroxylation is 2. The zero-order valence-corrected chi connectivity index (χ0v) is 16.2. The highest BCUT2D eigenvalue weighted by Crippen LogP contribution is 2.24. The quantitative estimate of drug-likeness (QED) is 0.396. The van der Waals surface area contributed by atoms with Crippen LogP contribution >= 0.6 is 23.1 Å². The Morgan fingerprint density at radius 3 is 2.88 bits per heavy atom. The lowest BCUT2D eigenvalue weighted by molar-refractivity contribution is -0.113. The van der Waals surface area contributed by atoms with Crippen LogP contribution in [0, 0.1) is 13.8 Å². The van der Waals surface area contributed by atoms with Crippen LogP contribution in [0.1, 0.15) is 10.4 Å². The molecule has 0 saturated heterocycles. The fourth-order valence-electron chi connectivity index (χ4n) is 2.55. The Morgan fingerprint density at radius 1 is 1.38 bits per heavy atom. The topological polar surface area (TPSA) is 64.0 Å². The van der Waals surface area contributed by atoms with Crippen LogP contribution in [0.3, 0.4) is 0 Å². The number of allylic oxidation sites excluding steroid dienone is 1. The van der Waals surface area contributed by atoms with Crippen molar-refractivity contribution < 1.29 is 4.79 Å². The number of hydrogen-bond donors (Lipinski definition) is 1. The van der Waals surface area contributed by atoms with E-state index in [4.69, 9.17) is 0 Å². The molecule has 0 atom stereocenters. The molecule has 1 aromatic carbocycles. The predicted octanol–water partition coefficient (Wildman–Crippen LogP) is 3.99. The van der Waals surface area contributed by atoms with Crippen LogP contribution in [0.25, 0.3) is 10.2 Å². The number of aromatic nitrogens is 2. The Kier molecular flexibility index (Phi) is 5.58. The number of nitrogens with one attached hydrogen (secondary N) is 1. The molecule has 0 aliphatic rings. The van der Waals surface area contributed by atoms with Crippen molar-refractivity contribution in [2.45, 2.75) is 25.5 Å². The summed E-state index contributed by atoms with van der Waals surface area (Å²) in [5, 5.41) is 4.04. The highest BCUT2D eigenvalue weighted by molar-refractivity contribution is 7.99. The van der Waals surface area contributed by atoms with Crippen LogP contribution in [0.15, 0.2) is 52.9 Å². The molecule has 0 aliphatic carbocycles. The molecule has 26 heavy (non-hydrogen) atoms. The fraction of sp³-hybridized carbons (Fsp3) is 0.211. The molecule has 0 unspecified atom stereocenters. The number of fused-ring (bicyclic) bond motifs is 1. The van der Waals surface area contributed by atoms with Crippen LogP contribution in [0.2, 0.25) is 0 Å². The maximum atomic E-state index is 12.7. The largest absolute Gasteiger partial charge is 0.325 e. The van der Waals surface area contributed by atoms with Gasteiger partial charge in [-0.05, 0) is 31.5 Å². The Hall–Kier alpha value is -2.38. The van der Waals surface area contributed by atoms with E-state index in [0.717, 1.165) is 16.1 Å². The number of carbonyl (C=O) groups is 1. The molecule has 0 spiro atoms. The van der Waals surface area contributed by atoms with Gasteiger partial charge in [0.1, 0.15) is 4.83 Å². The van der Waals surface area contributed by atoms with Crippen LogP contribution in [0.5, 0.6) is 0 Å². The molecule has 0 radical (unpaired) electrons. The summed E-state index contributed by atoms with van der Waals surface area (Å²) in [4.78, 5) is 31.3. The van der Waals surface area contributed by atoms with E-state index in [2.05, 4.69) is 16.9 Å². The Labute approximate surface area is 159 Å². The third-order valence-corrected chi connectivity index (χ3v) is 5.72. The van der Waals surface area contributed by atoms with Crippen molar-refractivity contribution in [2.75, 3.05) is 11.1 Å². The second-order valence-electron chi connectivity index (χ2n) is 5.83. The van der Waals surface area contributed by atoms with Gasteiger partial charge in [-0.15, -0.1) is 17.9 Å². The first-order valence-electron chi connectivity index (χ1n) is 8.09. The summed E-state index contributed by atoms with van der Waals surface area (Å²) < 4.78 is 1.56. The van der Waals surface area contributed by atoms with Crippen molar-refractivity contribution >= 4 is 44.9 Å². The van der Waals surface area contributed by atoms with Crippen LogP contribution in [-0.4, -0.2) is 21.2 Å². The lowest BCUT2D eigenvalue weighted by Gasteiger charge is -2.11. The van der Waals surface area contributed by atoms with Gasteiger partial charge in [-0.1, -0.05) is 36.0 Å². The van der Waals surface area contributed by atoms with Gasteiger partial charge in [-0.25, -0.2) is 4.98 Å². The van der Waals surface area contributed by atoms with E-state index in [1.54, 1.807) is 10.6 Å². The van der Waals surface area contributed by atoms with Crippen molar-refractivity contribution in [3.05, 3.63) is 63.8 Å². The first-order valence-corrected chi connectivity index (χ1v) is 9.90. The molecule has 2 heterocycles. The predicted molar refractivity (Wildman–Crippen MR) is 109 cm³/mol. The zero-order valence-electron chi connectivity index (χ0n) is 14.6. The molecule has 0 saturated carbocycles. The number of anilines is 1. The van der Waals surface area contributed by atoms with Gasteiger partial charge in [-0.2, -0.15) is 0 Å². The number of nitrogens with zero attached hydrogens (tertiary/aromatic N) is 2. The Bertz CT molecular complexity index is 1040. The lowest BCUT2D eigenvalue weighted by Crippen LogP contribution is -2.23. The molecule has 0 bridgehead atoms. The van der Waals surface area contributed by atoms with Gasteiger partial charge in [-0.3, -0.25) is 14.2 Å². The second kappa shape index (κ2) is 7.88. The van der Waals surface area contributed by atoms with Crippen molar-refractivity contribution in [1.82, 2.24) is 9.55 Å². The third-order valence-electron chi connectivity index (χ3n) is 3.80. The summed E-state index contributed by atoms with van der Waals surface area (Å²) in [5.74, 6) is 0.0412. The molecule has 5 nitrogen and oxygen atoms in total. The van der Waals surface area contributed by atoms with Crippen molar-refractivity contribution in [1.29, 1.82) is 0 Å². The van der Waals surface area contributed by atoms with E-state index in [1.807, 2.05) is 44.2 Å². The normalized spacial score (nSPS) is 10.8. The van der Waals surface area contributed by atoms with Gasteiger partial charge >= 0.3 is 0 Å². The maximum Gasteiger partial charge on any atom is 0.263 e. The van der Waals surface area contributed by atoms with Crippen LogP contribution < -0.4 is 10.9 Å². The molecule has 3 aromatic rings. The average Bonchev–Trinajstić information content (AvgIpc) is 2.99. The summed E-state index contributed by atoms with van der Waals surface area (Å²) in [6, 6.07) is 9.47. The number of thioether (sulfide) groups is 1. The summed E-state index contributed by atoms with van der Waals surface area (Å²) in [7, 11) is 0.